The van der Waals surface area contributed by atoms with Crippen molar-refractivity contribution in [1.82, 2.24) is 4.98 Å². The molecule has 1 N–H and O–H groups in total. The zero-order chi connectivity index (χ0) is 13.0. The summed E-state index contributed by atoms with van der Waals surface area (Å²) in [6.07, 6.45) is 3.48. The fourth-order valence-electron chi connectivity index (χ4n) is 1.53. The van der Waals surface area contributed by atoms with E-state index in [0.717, 1.165) is 10.0 Å². The van der Waals surface area contributed by atoms with Gasteiger partial charge in [-0.05, 0) is 39.7 Å². The first-order valence-corrected chi connectivity index (χ1v) is 6.15. The Bertz CT molecular complexity index is 548. The fourth-order valence-corrected chi connectivity index (χ4v) is 1.95. The molecule has 0 saturated heterocycles. The summed E-state index contributed by atoms with van der Waals surface area (Å²) >= 11 is 3.35. The first-order chi connectivity index (χ1) is 8.69. The van der Waals surface area contributed by atoms with Crippen LogP contribution in [0.4, 0.5) is 10.1 Å². The molecule has 3 nitrogen and oxygen atoms in total. The molecule has 0 radical (unpaired) electrons. The Morgan fingerprint density at radius 3 is 2.83 bits per heavy atom. The van der Waals surface area contributed by atoms with Crippen LogP contribution >= 0.6 is 15.9 Å². The van der Waals surface area contributed by atoms with Crippen LogP contribution in [-0.2, 0) is 6.54 Å². The Kier molecular flexibility index (Phi) is 4.15. The van der Waals surface area contributed by atoms with E-state index in [1.807, 2.05) is 6.07 Å². The molecular formula is C13H12BrFN2O. The van der Waals surface area contributed by atoms with E-state index in [2.05, 4.69) is 26.2 Å². The Morgan fingerprint density at radius 1 is 1.33 bits per heavy atom. The van der Waals surface area contributed by atoms with Gasteiger partial charge in [0.25, 0.3) is 0 Å². The molecule has 5 heteroatoms. The average Bonchev–Trinajstić information content (AvgIpc) is 2.37. The van der Waals surface area contributed by atoms with Gasteiger partial charge in [0.1, 0.15) is 0 Å². The van der Waals surface area contributed by atoms with Crippen LogP contribution in [0.25, 0.3) is 0 Å². The van der Waals surface area contributed by atoms with Crippen LogP contribution in [0, 0.1) is 5.82 Å². The third-order valence-electron chi connectivity index (χ3n) is 2.41. The zero-order valence-corrected chi connectivity index (χ0v) is 11.4. The number of ether oxygens (including phenoxy) is 1. The summed E-state index contributed by atoms with van der Waals surface area (Å²) in [5, 5.41) is 3.12. The second kappa shape index (κ2) is 5.82. The van der Waals surface area contributed by atoms with Gasteiger partial charge in [-0.25, -0.2) is 4.39 Å². The van der Waals surface area contributed by atoms with Crippen LogP contribution in [-0.4, -0.2) is 12.1 Å². The first-order valence-electron chi connectivity index (χ1n) is 5.36. The molecule has 0 fully saturated rings. The molecule has 18 heavy (non-hydrogen) atoms. The van der Waals surface area contributed by atoms with Crippen molar-refractivity contribution in [2.24, 2.45) is 0 Å². The largest absolute Gasteiger partial charge is 0.494 e. The molecule has 0 saturated carbocycles. The van der Waals surface area contributed by atoms with Gasteiger partial charge >= 0.3 is 0 Å². The van der Waals surface area contributed by atoms with Crippen LogP contribution in [0.2, 0.25) is 0 Å². The Hall–Kier alpha value is -1.62. The number of pyridine rings is 1. The van der Waals surface area contributed by atoms with Gasteiger partial charge in [-0.15, -0.1) is 0 Å². The highest BCUT2D eigenvalue weighted by Crippen LogP contribution is 2.21. The van der Waals surface area contributed by atoms with Crippen molar-refractivity contribution in [3.63, 3.8) is 0 Å². The molecule has 2 rings (SSSR count). The highest BCUT2D eigenvalue weighted by molar-refractivity contribution is 9.10. The SMILES string of the molecule is COc1ccc(NCc2cncc(Br)c2)cc1F. The Morgan fingerprint density at radius 2 is 2.17 bits per heavy atom. The molecule has 0 aliphatic rings. The number of anilines is 1. The number of hydrogen-bond acceptors (Lipinski definition) is 3. The smallest absolute Gasteiger partial charge is 0.167 e. The van der Waals surface area contributed by atoms with E-state index in [1.165, 1.54) is 13.2 Å². The van der Waals surface area contributed by atoms with Gasteiger partial charge in [0.05, 0.1) is 7.11 Å². The third-order valence-corrected chi connectivity index (χ3v) is 2.84. The van der Waals surface area contributed by atoms with Crippen LogP contribution in [0.15, 0.2) is 41.1 Å². The topological polar surface area (TPSA) is 34.1 Å². The predicted octanol–water partition coefficient (Wildman–Crippen LogP) is 3.60. The summed E-state index contributed by atoms with van der Waals surface area (Å²) in [7, 11) is 1.44. The molecule has 1 aromatic heterocycles. The summed E-state index contributed by atoms with van der Waals surface area (Å²) < 4.78 is 19.2. The second-order valence-electron chi connectivity index (χ2n) is 3.71. The Labute approximate surface area is 113 Å². The predicted molar refractivity (Wildman–Crippen MR) is 72.2 cm³/mol. The maximum absolute atomic E-state index is 13.5. The molecule has 1 heterocycles. The second-order valence-corrected chi connectivity index (χ2v) is 4.63. The lowest BCUT2D eigenvalue weighted by Gasteiger charge is -2.08. The third kappa shape index (κ3) is 3.20. The van der Waals surface area contributed by atoms with E-state index in [-0.39, 0.29) is 11.6 Å². The van der Waals surface area contributed by atoms with E-state index in [1.54, 1.807) is 24.5 Å². The number of methoxy groups -OCH3 is 1. The molecular weight excluding hydrogens is 299 g/mol. The minimum atomic E-state index is -0.380. The lowest BCUT2D eigenvalue weighted by molar-refractivity contribution is 0.386. The van der Waals surface area contributed by atoms with Gasteiger partial charge in [0, 0.05) is 35.2 Å². The zero-order valence-electron chi connectivity index (χ0n) is 9.78. The van der Waals surface area contributed by atoms with Gasteiger partial charge in [-0.2, -0.15) is 0 Å². The molecule has 0 bridgehead atoms. The number of aromatic nitrogens is 1. The summed E-state index contributed by atoms with van der Waals surface area (Å²) in [5.74, 6) is -0.139. The van der Waals surface area contributed by atoms with Crippen molar-refractivity contribution in [2.75, 3.05) is 12.4 Å². The summed E-state index contributed by atoms with van der Waals surface area (Å²) in [4.78, 5) is 4.06. The number of hydrogen-bond donors (Lipinski definition) is 1. The minimum absolute atomic E-state index is 0.240. The fraction of sp³-hybridized carbons (Fsp3) is 0.154. The van der Waals surface area contributed by atoms with Crippen molar-refractivity contribution >= 4 is 21.6 Å². The first kappa shape index (κ1) is 12.8. The molecule has 1 aromatic carbocycles. The number of halogens is 2. The molecule has 0 aliphatic carbocycles. The van der Waals surface area contributed by atoms with Crippen molar-refractivity contribution in [1.29, 1.82) is 0 Å². The van der Waals surface area contributed by atoms with Crippen molar-refractivity contribution in [3.8, 4) is 5.75 Å². The van der Waals surface area contributed by atoms with Crippen molar-refractivity contribution < 1.29 is 9.13 Å². The van der Waals surface area contributed by atoms with Gasteiger partial charge in [-0.1, -0.05) is 0 Å². The molecule has 0 atom stereocenters. The molecule has 0 spiro atoms. The lowest BCUT2D eigenvalue weighted by atomic mass is 10.2. The van der Waals surface area contributed by atoms with E-state index < -0.39 is 0 Å². The lowest BCUT2D eigenvalue weighted by Crippen LogP contribution is -2.00. The molecule has 0 amide bonds. The normalized spacial score (nSPS) is 10.2. The van der Waals surface area contributed by atoms with Gasteiger partial charge in [0.2, 0.25) is 0 Å². The van der Waals surface area contributed by atoms with Gasteiger partial charge < -0.3 is 10.1 Å². The van der Waals surface area contributed by atoms with E-state index in [9.17, 15) is 4.39 Å². The van der Waals surface area contributed by atoms with Gasteiger partial charge in [0.15, 0.2) is 11.6 Å². The summed E-state index contributed by atoms with van der Waals surface area (Å²) in [5.41, 5.74) is 1.72. The van der Waals surface area contributed by atoms with Crippen molar-refractivity contribution in [2.45, 2.75) is 6.54 Å². The van der Waals surface area contributed by atoms with Crippen LogP contribution in [0.5, 0.6) is 5.75 Å². The highest BCUT2D eigenvalue weighted by atomic mass is 79.9. The monoisotopic (exact) mass is 310 g/mol. The minimum Gasteiger partial charge on any atom is -0.494 e. The maximum Gasteiger partial charge on any atom is 0.167 e. The van der Waals surface area contributed by atoms with Gasteiger partial charge in [-0.3, -0.25) is 4.98 Å². The summed E-state index contributed by atoms with van der Waals surface area (Å²) in [6.45, 7) is 0.582. The number of nitrogens with one attached hydrogen (secondary N) is 1. The van der Waals surface area contributed by atoms with E-state index in [0.29, 0.717) is 12.2 Å². The molecule has 0 unspecified atom stereocenters. The number of rotatable bonds is 4. The average molecular weight is 311 g/mol. The molecule has 0 aliphatic heterocycles. The van der Waals surface area contributed by atoms with Crippen LogP contribution in [0.1, 0.15) is 5.56 Å². The highest BCUT2D eigenvalue weighted by Gasteiger charge is 2.03. The Balaban J connectivity index is 2.04. The molecule has 94 valence electrons. The standard InChI is InChI=1S/C13H12BrFN2O/c1-18-13-3-2-11(5-12(13)15)17-7-9-4-10(14)8-16-6-9/h2-6,8,17H,7H2,1H3. The van der Waals surface area contributed by atoms with Crippen LogP contribution in [0.3, 0.4) is 0 Å². The van der Waals surface area contributed by atoms with Crippen molar-refractivity contribution in [3.05, 3.63) is 52.5 Å². The quantitative estimate of drug-likeness (QED) is 0.937. The number of benzene rings is 1. The number of nitrogens with zero attached hydrogens (tertiary/aromatic N) is 1. The molecule has 2 aromatic rings. The summed E-state index contributed by atoms with van der Waals surface area (Å²) in [6, 6.07) is 6.73. The van der Waals surface area contributed by atoms with E-state index >= 15 is 0 Å². The van der Waals surface area contributed by atoms with Crippen LogP contribution < -0.4 is 10.1 Å². The van der Waals surface area contributed by atoms with E-state index in [4.69, 9.17) is 4.74 Å². The maximum atomic E-state index is 13.5.